The molecule has 3 rings (SSSR count). The summed E-state index contributed by atoms with van der Waals surface area (Å²) in [6.45, 7) is 2.43. The number of amides is 1. The fourth-order valence-corrected chi connectivity index (χ4v) is 4.46. The van der Waals surface area contributed by atoms with Crippen molar-refractivity contribution >= 4 is 15.9 Å². The molecule has 24 heavy (non-hydrogen) atoms. The van der Waals surface area contributed by atoms with Gasteiger partial charge in [-0.05, 0) is 69.5 Å². The fourth-order valence-electron chi connectivity index (χ4n) is 3.15. The summed E-state index contributed by atoms with van der Waals surface area (Å²) in [6.07, 6.45) is 3.95. The average Bonchev–Trinajstić information content (AvgIpc) is 3.38. The molecule has 1 saturated heterocycles. The van der Waals surface area contributed by atoms with Crippen molar-refractivity contribution in [1.82, 2.24) is 14.9 Å². The molecule has 0 bridgehead atoms. The molecule has 0 aromatic heterocycles. The van der Waals surface area contributed by atoms with Gasteiger partial charge < -0.3 is 10.2 Å². The standard InChI is InChI=1S/C17H25N3O3S/c1-18-11-13-3-2-10-20(12-13)17(21)14-4-8-16(9-5-14)24(22,23)19-15-6-7-15/h4-5,8-9,13,15,18-19H,2-3,6-7,10-12H2,1H3. The number of sulfonamides is 1. The van der Waals surface area contributed by atoms with Crippen LogP contribution in [0.2, 0.25) is 0 Å². The number of carbonyl (C=O) groups is 1. The molecular formula is C17H25N3O3S. The molecule has 1 amide bonds. The Kier molecular flexibility index (Phi) is 5.22. The molecule has 1 aromatic rings. The van der Waals surface area contributed by atoms with E-state index < -0.39 is 10.0 Å². The van der Waals surface area contributed by atoms with Gasteiger partial charge in [0.25, 0.3) is 5.91 Å². The van der Waals surface area contributed by atoms with Gasteiger partial charge in [0.15, 0.2) is 0 Å². The van der Waals surface area contributed by atoms with Crippen LogP contribution < -0.4 is 10.0 Å². The minimum Gasteiger partial charge on any atom is -0.338 e. The monoisotopic (exact) mass is 351 g/mol. The van der Waals surface area contributed by atoms with E-state index in [4.69, 9.17) is 0 Å². The molecule has 1 unspecified atom stereocenters. The highest BCUT2D eigenvalue weighted by Crippen LogP contribution is 2.23. The van der Waals surface area contributed by atoms with Gasteiger partial charge in [0.1, 0.15) is 0 Å². The van der Waals surface area contributed by atoms with Gasteiger partial charge in [-0.1, -0.05) is 0 Å². The molecule has 1 aromatic carbocycles. The molecule has 6 nitrogen and oxygen atoms in total. The molecule has 1 saturated carbocycles. The zero-order valence-electron chi connectivity index (χ0n) is 14.0. The lowest BCUT2D eigenvalue weighted by Crippen LogP contribution is -2.42. The van der Waals surface area contributed by atoms with E-state index in [1.165, 1.54) is 12.1 Å². The van der Waals surface area contributed by atoms with E-state index in [1.54, 1.807) is 12.1 Å². The molecule has 132 valence electrons. The molecule has 1 heterocycles. The number of carbonyl (C=O) groups excluding carboxylic acids is 1. The predicted molar refractivity (Wildman–Crippen MR) is 92.3 cm³/mol. The molecule has 7 heteroatoms. The first kappa shape index (κ1) is 17.4. The molecule has 2 N–H and O–H groups in total. The van der Waals surface area contributed by atoms with Crippen LogP contribution >= 0.6 is 0 Å². The van der Waals surface area contributed by atoms with Crippen molar-refractivity contribution < 1.29 is 13.2 Å². The van der Waals surface area contributed by atoms with Crippen LogP contribution in [0.25, 0.3) is 0 Å². The summed E-state index contributed by atoms with van der Waals surface area (Å²) in [5.74, 6) is 0.463. The minimum atomic E-state index is -3.46. The van der Waals surface area contributed by atoms with Crippen molar-refractivity contribution in [3.8, 4) is 0 Å². The van der Waals surface area contributed by atoms with Crippen molar-refractivity contribution in [3.63, 3.8) is 0 Å². The first-order chi connectivity index (χ1) is 11.5. The van der Waals surface area contributed by atoms with E-state index >= 15 is 0 Å². The normalized spacial score (nSPS) is 21.7. The Balaban J connectivity index is 1.67. The maximum atomic E-state index is 12.6. The topological polar surface area (TPSA) is 78.5 Å². The van der Waals surface area contributed by atoms with Gasteiger partial charge in [0, 0.05) is 24.7 Å². The highest BCUT2D eigenvalue weighted by atomic mass is 32.2. The second kappa shape index (κ2) is 7.21. The third kappa shape index (κ3) is 4.15. The number of hydrogen-bond acceptors (Lipinski definition) is 4. The molecule has 1 aliphatic carbocycles. The number of nitrogens with zero attached hydrogens (tertiary/aromatic N) is 1. The Bertz CT molecular complexity index is 682. The number of likely N-dealkylation sites (tertiary alicyclic amines) is 1. The summed E-state index contributed by atoms with van der Waals surface area (Å²) in [7, 11) is -1.54. The molecule has 2 aliphatic rings. The van der Waals surface area contributed by atoms with E-state index in [2.05, 4.69) is 10.0 Å². The van der Waals surface area contributed by atoms with Crippen LogP contribution in [0.3, 0.4) is 0 Å². The van der Waals surface area contributed by atoms with Gasteiger partial charge in [-0.2, -0.15) is 0 Å². The summed E-state index contributed by atoms with van der Waals surface area (Å²) in [6, 6.07) is 6.35. The lowest BCUT2D eigenvalue weighted by Gasteiger charge is -2.32. The average molecular weight is 351 g/mol. The van der Waals surface area contributed by atoms with Crippen LogP contribution in [0, 0.1) is 5.92 Å². The Morgan fingerprint density at radius 2 is 1.92 bits per heavy atom. The third-order valence-corrected chi connectivity index (χ3v) is 6.15. The number of benzene rings is 1. The quantitative estimate of drug-likeness (QED) is 0.807. The summed E-state index contributed by atoms with van der Waals surface area (Å²) in [4.78, 5) is 14.7. The molecular weight excluding hydrogens is 326 g/mol. The zero-order chi connectivity index (χ0) is 17.2. The Labute approximate surface area is 143 Å². The lowest BCUT2D eigenvalue weighted by molar-refractivity contribution is 0.0674. The number of rotatable bonds is 6. The smallest absolute Gasteiger partial charge is 0.253 e. The Morgan fingerprint density at radius 3 is 2.54 bits per heavy atom. The Hall–Kier alpha value is -1.44. The summed E-state index contributed by atoms with van der Waals surface area (Å²) < 4.78 is 27.0. The highest BCUT2D eigenvalue weighted by molar-refractivity contribution is 7.89. The van der Waals surface area contributed by atoms with Gasteiger partial charge in [-0.15, -0.1) is 0 Å². The predicted octanol–water partition coefficient (Wildman–Crippen LogP) is 1.20. The molecule has 2 fully saturated rings. The van der Waals surface area contributed by atoms with Crippen LogP contribution in [-0.4, -0.2) is 51.9 Å². The van der Waals surface area contributed by atoms with Gasteiger partial charge in [0.05, 0.1) is 4.90 Å². The van der Waals surface area contributed by atoms with Gasteiger partial charge in [-0.25, -0.2) is 13.1 Å². The SMILES string of the molecule is CNCC1CCCN(C(=O)c2ccc(S(=O)(=O)NC3CC3)cc2)C1. The maximum absolute atomic E-state index is 12.6. The van der Waals surface area contributed by atoms with E-state index in [1.807, 2.05) is 11.9 Å². The van der Waals surface area contributed by atoms with Gasteiger partial charge >= 0.3 is 0 Å². The maximum Gasteiger partial charge on any atom is 0.253 e. The van der Waals surface area contributed by atoms with Gasteiger partial charge in [0.2, 0.25) is 10.0 Å². The minimum absolute atomic E-state index is 0.0186. The second-order valence-corrected chi connectivity index (χ2v) is 8.45. The second-order valence-electron chi connectivity index (χ2n) is 6.74. The first-order valence-corrected chi connectivity index (χ1v) is 10.0. The summed E-state index contributed by atoms with van der Waals surface area (Å²) >= 11 is 0. The van der Waals surface area contributed by atoms with E-state index in [0.717, 1.165) is 45.3 Å². The number of hydrogen-bond donors (Lipinski definition) is 2. The Morgan fingerprint density at radius 1 is 1.21 bits per heavy atom. The van der Waals surface area contributed by atoms with Crippen LogP contribution in [0.5, 0.6) is 0 Å². The van der Waals surface area contributed by atoms with Crippen molar-refractivity contribution in [3.05, 3.63) is 29.8 Å². The zero-order valence-corrected chi connectivity index (χ0v) is 14.8. The highest BCUT2D eigenvalue weighted by Gasteiger charge is 2.28. The molecule has 1 atom stereocenters. The van der Waals surface area contributed by atoms with Crippen molar-refractivity contribution in [2.45, 2.75) is 36.6 Å². The molecule has 0 spiro atoms. The van der Waals surface area contributed by atoms with Crippen LogP contribution in [0.1, 0.15) is 36.0 Å². The van der Waals surface area contributed by atoms with Crippen LogP contribution in [-0.2, 0) is 10.0 Å². The van der Waals surface area contributed by atoms with E-state index in [-0.39, 0.29) is 16.8 Å². The first-order valence-electron chi connectivity index (χ1n) is 8.56. The largest absolute Gasteiger partial charge is 0.338 e. The number of nitrogens with one attached hydrogen (secondary N) is 2. The molecule has 1 aliphatic heterocycles. The van der Waals surface area contributed by atoms with Crippen molar-refractivity contribution in [1.29, 1.82) is 0 Å². The van der Waals surface area contributed by atoms with E-state index in [9.17, 15) is 13.2 Å². The lowest BCUT2D eigenvalue weighted by atomic mass is 9.97. The fraction of sp³-hybridized carbons (Fsp3) is 0.588. The van der Waals surface area contributed by atoms with Crippen LogP contribution in [0.4, 0.5) is 0 Å². The summed E-state index contributed by atoms with van der Waals surface area (Å²) in [5.41, 5.74) is 0.547. The van der Waals surface area contributed by atoms with Crippen molar-refractivity contribution in [2.75, 3.05) is 26.7 Å². The van der Waals surface area contributed by atoms with Gasteiger partial charge in [-0.3, -0.25) is 4.79 Å². The van der Waals surface area contributed by atoms with E-state index in [0.29, 0.717) is 11.5 Å². The van der Waals surface area contributed by atoms with Crippen molar-refractivity contribution in [2.24, 2.45) is 5.92 Å². The molecule has 0 radical (unpaired) electrons. The number of piperidine rings is 1. The third-order valence-electron chi connectivity index (χ3n) is 4.61. The van der Waals surface area contributed by atoms with Crippen LogP contribution in [0.15, 0.2) is 29.2 Å². The summed E-state index contributed by atoms with van der Waals surface area (Å²) in [5, 5.41) is 3.17.